The van der Waals surface area contributed by atoms with Crippen molar-refractivity contribution >= 4 is 34.0 Å². The molecule has 3 aromatic carbocycles. The van der Waals surface area contributed by atoms with E-state index in [0.717, 1.165) is 5.39 Å². The summed E-state index contributed by atoms with van der Waals surface area (Å²) in [6, 6.07) is 18.9. The van der Waals surface area contributed by atoms with Crippen molar-refractivity contribution in [3.63, 3.8) is 0 Å². The predicted octanol–water partition coefficient (Wildman–Crippen LogP) is -0.737. The molecule has 0 saturated carbocycles. The first kappa shape index (κ1) is 23.0. The van der Waals surface area contributed by atoms with Crippen LogP contribution in [0.1, 0.15) is 0 Å². The van der Waals surface area contributed by atoms with Crippen molar-refractivity contribution in [1.29, 1.82) is 0 Å². The Bertz CT molecular complexity index is 624. The van der Waals surface area contributed by atoms with Gasteiger partial charge in [0.15, 0.2) is 0 Å². The van der Waals surface area contributed by atoms with Crippen molar-refractivity contribution in [3.05, 3.63) is 70.7 Å². The smallest absolute Gasteiger partial charge is 1.00 e. The van der Waals surface area contributed by atoms with Crippen molar-refractivity contribution < 1.29 is 51.6 Å². The Hall–Kier alpha value is -0.276. The van der Waals surface area contributed by atoms with Gasteiger partial charge in [-0.2, -0.15) is 18.2 Å². The summed E-state index contributed by atoms with van der Waals surface area (Å²) in [6.07, 6.45) is 0. The van der Waals surface area contributed by atoms with E-state index in [1.54, 1.807) is 12.1 Å². The van der Waals surface area contributed by atoms with Gasteiger partial charge in [-0.1, -0.05) is 47.5 Å². The number of halogens is 4. The molecule has 0 spiro atoms. The Kier molecular flexibility index (Phi) is 12.4. The van der Waals surface area contributed by atoms with E-state index in [-0.39, 0.29) is 57.3 Å². The van der Waals surface area contributed by atoms with Gasteiger partial charge in [-0.25, -0.2) is 12.1 Å². The zero-order chi connectivity index (χ0) is 13.0. The summed E-state index contributed by atoms with van der Waals surface area (Å²) in [5, 5.41) is 11.9. The van der Waals surface area contributed by atoms with Crippen LogP contribution in [0.4, 0.5) is 0 Å². The van der Waals surface area contributed by atoms with Gasteiger partial charge < -0.3 is 29.9 Å². The molecule has 1 N–H and O–H groups in total. The Balaban J connectivity index is 0. The monoisotopic (exact) mass is 395 g/mol. The number of fused-ring (bicyclic) bond motifs is 1. The average Bonchev–Trinajstić information content (AvgIpc) is 2.95. The minimum Gasteiger partial charge on any atom is -1.00 e. The number of aromatic hydroxyl groups is 1. The topological polar surface area (TPSA) is 20.2 Å². The van der Waals surface area contributed by atoms with Crippen molar-refractivity contribution in [2.75, 3.05) is 0 Å². The van der Waals surface area contributed by atoms with Crippen LogP contribution in [0.2, 0.25) is 10.0 Å². The molecular formula is C15H11Cl4OTi. The van der Waals surface area contributed by atoms with Crippen LogP contribution in [0, 0.1) is 0 Å². The van der Waals surface area contributed by atoms with Crippen molar-refractivity contribution in [2.45, 2.75) is 0 Å². The van der Waals surface area contributed by atoms with E-state index in [9.17, 15) is 5.11 Å². The fraction of sp³-hybridized carbons (Fsp3) is 0. The number of phenols is 1. The van der Waals surface area contributed by atoms with Crippen LogP contribution in [0.25, 0.3) is 10.8 Å². The normalized spacial score (nSPS) is 8.48. The van der Waals surface area contributed by atoms with Gasteiger partial charge in [0.05, 0.1) is 10.0 Å². The van der Waals surface area contributed by atoms with Gasteiger partial charge in [0.1, 0.15) is 5.75 Å². The van der Waals surface area contributed by atoms with E-state index in [1.807, 2.05) is 48.5 Å². The number of hydrogen-bond donors (Lipinski definition) is 1. The molecular weight excluding hydrogens is 386 g/mol. The van der Waals surface area contributed by atoms with Crippen LogP contribution >= 0.6 is 23.2 Å². The molecule has 0 aromatic heterocycles. The Labute approximate surface area is 161 Å². The first-order chi connectivity index (χ1) is 8.70. The summed E-state index contributed by atoms with van der Waals surface area (Å²) in [7, 11) is 0. The fourth-order valence-electron chi connectivity index (χ4n) is 1.60. The Morgan fingerprint density at radius 2 is 1.33 bits per heavy atom. The summed E-state index contributed by atoms with van der Waals surface area (Å²) in [5.74, 6) is 0.0849. The van der Waals surface area contributed by atoms with Gasteiger partial charge in [-0.3, -0.25) is 0 Å². The SMILES string of the molecule is Oc1c(Cl)cc(Cl)c2ccccc12.[Cl-].[Cl-].[Ti+3].c1cc[cH-]c1. The molecule has 0 fully saturated rings. The molecule has 0 heterocycles. The molecule has 3 rings (SSSR count). The third kappa shape index (κ3) is 6.16. The zero-order valence-electron chi connectivity index (χ0n) is 10.7. The molecule has 6 heteroatoms. The quantitative estimate of drug-likeness (QED) is 0.392. The molecule has 0 amide bonds. The summed E-state index contributed by atoms with van der Waals surface area (Å²) in [5.41, 5.74) is 0. The number of hydrogen-bond acceptors (Lipinski definition) is 1. The molecule has 0 aliphatic heterocycles. The predicted molar refractivity (Wildman–Crippen MR) is 77.7 cm³/mol. The first-order valence-corrected chi connectivity index (χ1v) is 6.18. The van der Waals surface area contributed by atoms with Gasteiger partial charge >= 0.3 is 21.7 Å². The van der Waals surface area contributed by atoms with E-state index in [1.165, 1.54) is 0 Å². The zero-order valence-corrected chi connectivity index (χ0v) is 15.3. The van der Waals surface area contributed by atoms with E-state index in [0.29, 0.717) is 10.4 Å². The molecule has 3 aromatic rings. The summed E-state index contributed by atoms with van der Waals surface area (Å²) in [6.45, 7) is 0. The maximum Gasteiger partial charge on any atom is 3.00 e. The maximum absolute atomic E-state index is 9.59. The van der Waals surface area contributed by atoms with Gasteiger partial charge in [0.2, 0.25) is 0 Å². The van der Waals surface area contributed by atoms with Gasteiger partial charge in [-0.05, 0) is 6.07 Å². The van der Waals surface area contributed by atoms with Crippen LogP contribution in [0.15, 0.2) is 60.7 Å². The molecule has 0 bridgehead atoms. The molecule has 0 saturated heterocycles. The summed E-state index contributed by atoms with van der Waals surface area (Å²) in [4.78, 5) is 0. The minimum absolute atomic E-state index is 0. The second-order valence-electron chi connectivity index (χ2n) is 3.70. The van der Waals surface area contributed by atoms with Crippen LogP contribution in [0.5, 0.6) is 5.75 Å². The van der Waals surface area contributed by atoms with Crippen molar-refractivity contribution in [1.82, 2.24) is 0 Å². The molecule has 109 valence electrons. The van der Waals surface area contributed by atoms with Crippen LogP contribution in [0.3, 0.4) is 0 Å². The molecule has 0 unspecified atom stereocenters. The van der Waals surface area contributed by atoms with Crippen molar-refractivity contribution in [2.24, 2.45) is 0 Å². The van der Waals surface area contributed by atoms with Gasteiger partial charge in [0.25, 0.3) is 0 Å². The first-order valence-electron chi connectivity index (χ1n) is 5.42. The molecule has 1 nitrogen and oxygen atoms in total. The second kappa shape index (κ2) is 11.3. The maximum atomic E-state index is 9.59. The Morgan fingerprint density at radius 3 is 1.81 bits per heavy atom. The van der Waals surface area contributed by atoms with Crippen LogP contribution in [-0.2, 0) is 21.7 Å². The molecule has 0 aliphatic carbocycles. The number of phenolic OH excluding ortho intramolecular Hbond substituents is 1. The minimum atomic E-state index is 0. The van der Waals surface area contributed by atoms with E-state index in [4.69, 9.17) is 23.2 Å². The molecule has 21 heavy (non-hydrogen) atoms. The van der Waals surface area contributed by atoms with Gasteiger partial charge in [0, 0.05) is 10.8 Å². The van der Waals surface area contributed by atoms with Crippen LogP contribution < -0.4 is 24.8 Å². The average molecular weight is 397 g/mol. The number of benzene rings is 2. The standard InChI is InChI=1S/C10H6Cl2O.C5H5.2ClH.Ti/c11-8-5-9(12)10(13)7-4-2-1-3-6(7)8;1-2-4-5-3-1;;;/h1-5,13H;1-5H;2*1H;/q;-1;;;+3/p-2. The van der Waals surface area contributed by atoms with Crippen LogP contribution in [-0.4, -0.2) is 5.11 Å². The molecule has 0 aliphatic rings. The molecule has 0 atom stereocenters. The van der Waals surface area contributed by atoms with Gasteiger partial charge in [-0.15, -0.1) is 0 Å². The van der Waals surface area contributed by atoms with E-state index >= 15 is 0 Å². The largest absolute Gasteiger partial charge is 3.00 e. The summed E-state index contributed by atoms with van der Waals surface area (Å²) >= 11 is 11.7. The van der Waals surface area contributed by atoms with Crippen molar-refractivity contribution in [3.8, 4) is 5.75 Å². The number of rotatable bonds is 0. The third-order valence-electron chi connectivity index (χ3n) is 2.47. The summed E-state index contributed by atoms with van der Waals surface area (Å²) < 4.78 is 0. The van der Waals surface area contributed by atoms with E-state index in [2.05, 4.69) is 0 Å². The van der Waals surface area contributed by atoms with E-state index < -0.39 is 0 Å². The fourth-order valence-corrected chi connectivity index (χ4v) is 2.15. The molecule has 1 radical (unpaired) electrons. The third-order valence-corrected chi connectivity index (χ3v) is 3.08. The Morgan fingerprint density at radius 1 is 0.810 bits per heavy atom. The second-order valence-corrected chi connectivity index (χ2v) is 4.51.